The van der Waals surface area contributed by atoms with E-state index in [0.29, 0.717) is 18.7 Å². The zero-order valence-corrected chi connectivity index (χ0v) is 14.2. The van der Waals surface area contributed by atoms with E-state index in [2.05, 4.69) is 10.6 Å². The van der Waals surface area contributed by atoms with Crippen molar-refractivity contribution >= 4 is 23.0 Å². The van der Waals surface area contributed by atoms with Crippen LogP contribution in [0.25, 0.3) is 0 Å². The summed E-state index contributed by atoms with van der Waals surface area (Å²) in [7, 11) is 1.40. The maximum atomic E-state index is 11.7. The van der Waals surface area contributed by atoms with Crippen LogP contribution in [0.1, 0.15) is 25.3 Å². The molecule has 1 amide bonds. The Hall–Kier alpha value is -3.09. The molecule has 0 unspecified atom stereocenters. The molecule has 0 radical (unpaired) electrons. The van der Waals surface area contributed by atoms with E-state index in [-0.39, 0.29) is 17.3 Å². The van der Waals surface area contributed by atoms with Crippen molar-refractivity contribution in [3.8, 4) is 5.75 Å². The maximum Gasteiger partial charge on any atom is 0.311 e. The molecule has 2 N–H and O–H groups in total. The molecular formula is C18H21N3O4. The number of nitro groups is 1. The van der Waals surface area contributed by atoms with Gasteiger partial charge in [0.15, 0.2) is 5.75 Å². The first-order chi connectivity index (χ1) is 12.0. The predicted molar refractivity (Wildman–Crippen MR) is 97.0 cm³/mol. The van der Waals surface area contributed by atoms with Crippen LogP contribution in [0.15, 0.2) is 42.5 Å². The van der Waals surface area contributed by atoms with E-state index in [1.807, 2.05) is 31.2 Å². The summed E-state index contributed by atoms with van der Waals surface area (Å²) in [6.07, 6.45) is 1.29. The molecule has 0 bridgehead atoms. The number of carbonyl (C=O) groups is 1. The summed E-state index contributed by atoms with van der Waals surface area (Å²) in [4.78, 5) is 22.1. The predicted octanol–water partition coefficient (Wildman–Crippen LogP) is 3.95. The molecule has 7 nitrogen and oxygen atoms in total. The molecule has 2 aromatic carbocycles. The van der Waals surface area contributed by atoms with Crippen LogP contribution in [0.3, 0.4) is 0 Å². The van der Waals surface area contributed by atoms with Crippen molar-refractivity contribution in [2.24, 2.45) is 0 Å². The smallest absolute Gasteiger partial charge is 0.311 e. The van der Waals surface area contributed by atoms with Crippen molar-refractivity contribution in [1.82, 2.24) is 0 Å². The standard InChI is InChI=1S/C18H21N3O4/c1-3-5-18(22)20-15-7-4-6-13(10-15)12-19-14-8-9-16(21(23)24)17(11-14)25-2/h4,6-11,19H,3,5,12H2,1-2H3,(H,20,22). The van der Waals surface area contributed by atoms with E-state index in [4.69, 9.17) is 4.74 Å². The van der Waals surface area contributed by atoms with E-state index in [9.17, 15) is 14.9 Å². The van der Waals surface area contributed by atoms with Gasteiger partial charge in [0.25, 0.3) is 0 Å². The second kappa shape index (κ2) is 8.68. The summed E-state index contributed by atoms with van der Waals surface area (Å²) in [6.45, 7) is 2.47. The van der Waals surface area contributed by atoms with Crippen LogP contribution in [0, 0.1) is 10.1 Å². The van der Waals surface area contributed by atoms with Crippen molar-refractivity contribution in [1.29, 1.82) is 0 Å². The Kier molecular flexibility index (Phi) is 6.33. The van der Waals surface area contributed by atoms with Gasteiger partial charge in [-0.2, -0.15) is 0 Å². The fourth-order valence-electron chi connectivity index (χ4n) is 2.35. The molecule has 0 saturated carbocycles. The fraction of sp³-hybridized carbons (Fsp3) is 0.278. The number of nitrogens with zero attached hydrogens (tertiary/aromatic N) is 1. The molecule has 0 aliphatic heterocycles. The lowest BCUT2D eigenvalue weighted by molar-refractivity contribution is -0.385. The number of benzene rings is 2. The minimum atomic E-state index is -0.481. The molecule has 0 atom stereocenters. The second-order valence-corrected chi connectivity index (χ2v) is 5.50. The highest BCUT2D eigenvalue weighted by molar-refractivity contribution is 5.90. The third-order valence-corrected chi connectivity index (χ3v) is 3.56. The first-order valence-electron chi connectivity index (χ1n) is 7.98. The van der Waals surface area contributed by atoms with Gasteiger partial charge in [0.2, 0.25) is 5.91 Å². The van der Waals surface area contributed by atoms with Crippen LogP contribution in [0.5, 0.6) is 5.75 Å². The molecule has 0 fully saturated rings. The average Bonchev–Trinajstić information content (AvgIpc) is 2.60. The number of hydrogen-bond donors (Lipinski definition) is 2. The molecule has 0 aromatic heterocycles. The Labute approximate surface area is 146 Å². The van der Waals surface area contributed by atoms with E-state index >= 15 is 0 Å². The highest BCUT2D eigenvalue weighted by Crippen LogP contribution is 2.29. The van der Waals surface area contributed by atoms with Crippen LogP contribution < -0.4 is 15.4 Å². The third-order valence-electron chi connectivity index (χ3n) is 3.56. The summed E-state index contributed by atoms with van der Waals surface area (Å²) in [5.74, 6) is 0.197. The first-order valence-corrected chi connectivity index (χ1v) is 7.98. The zero-order valence-electron chi connectivity index (χ0n) is 14.2. The lowest BCUT2D eigenvalue weighted by Gasteiger charge is -2.10. The molecule has 0 spiro atoms. The zero-order chi connectivity index (χ0) is 18.2. The molecule has 0 aliphatic rings. The van der Waals surface area contributed by atoms with Crippen molar-refractivity contribution in [2.45, 2.75) is 26.3 Å². The second-order valence-electron chi connectivity index (χ2n) is 5.50. The Morgan fingerprint density at radius 1 is 1.20 bits per heavy atom. The van der Waals surface area contributed by atoms with E-state index in [1.54, 1.807) is 12.1 Å². The largest absolute Gasteiger partial charge is 0.490 e. The summed E-state index contributed by atoms with van der Waals surface area (Å²) in [6, 6.07) is 12.2. The maximum absolute atomic E-state index is 11.7. The molecule has 0 saturated heterocycles. The highest BCUT2D eigenvalue weighted by Gasteiger charge is 2.14. The van der Waals surface area contributed by atoms with Crippen molar-refractivity contribution in [2.75, 3.05) is 17.7 Å². The lowest BCUT2D eigenvalue weighted by Crippen LogP contribution is -2.11. The molecule has 0 heterocycles. The lowest BCUT2D eigenvalue weighted by atomic mass is 10.2. The van der Waals surface area contributed by atoms with Crippen LogP contribution in [0.2, 0.25) is 0 Å². The fourth-order valence-corrected chi connectivity index (χ4v) is 2.35. The quantitative estimate of drug-likeness (QED) is 0.559. The van der Waals surface area contributed by atoms with Gasteiger partial charge in [-0.25, -0.2) is 0 Å². The molecular weight excluding hydrogens is 322 g/mol. The molecule has 2 rings (SSSR count). The Bertz CT molecular complexity index is 762. The summed E-state index contributed by atoms with van der Waals surface area (Å²) >= 11 is 0. The topological polar surface area (TPSA) is 93.5 Å². The van der Waals surface area contributed by atoms with Gasteiger partial charge in [-0.05, 0) is 30.2 Å². The van der Waals surface area contributed by atoms with E-state index < -0.39 is 4.92 Å². The normalized spacial score (nSPS) is 10.2. The van der Waals surface area contributed by atoms with Gasteiger partial charge in [0, 0.05) is 36.5 Å². The SMILES string of the molecule is CCCC(=O)Nc1cccc(CNc2ccc([N+](=O)[O-])c(OC)c2)c1. The van der Waals surface area contributed by atoms with Crippen LogP contribution in [0.4, 0.5) is 17.1 Å². The number of ether oxygens (including phenoxy) is 1. The van der Waals surface area contributed by atoms with E-state index in [1.165, 1.54) is 13.2 Å². The minimum absolute atomic E-state index is 0.00675. The van der Waals surface area contributed by atoms with Gasteiger partial charge in [0.1, 0.15) is 0 Å². The number of carbonyl (C=O) groups excluding carboxylic acids is 1. The molecule has 7 heteroatoms. The average molecular weight is 343 g/mol. The first kappa shape index (κ1) is 18.3. The molecule has 25 heavy (non-hydrogen) atoms. The van der Waals surface area contributed by atoms with Crippen molar-refractivity contribution in [3.63, 3.8) is 0 Å². The number of hydrogen-bond acceptors (Lipinski definition) is 5. The number of nitrogens with one attached hydrogen (secondary N) is 2. The van der Waals surface area contributed by atoms with Crippen LogP contribution in [-0.2, 0) is 11.3 Å². The number of methoxy groups -OCH3 is 1. The van der Waals surface area contributed by atoms with Gasteiger partial charge in [-0.3, -0.25) is 14.9 Å². The van der Waals surface area contributed by atoms with Crippen molar-refractivity contribution < 1.29 is 14.5 Å². The van der Waals surface area contributed by atoms with Gasteiger partial charge in [-0.15, -0.1) is 0 Å². The molecule has 132 valence electrons. The highest BCUT2D eigenvalue weighted by atomic mass is 16.6. The molecule has 2 aromatic rings. The summed E-state index contributed by atoms with van der Waals surface area (Å²) in [5, 5.41) is 17.0. The Balaban J connectivity index is 2.04. The van der Waals surface area contributed by atoms with E-state index in [0.717, 1.165) is 17.7 Å². The monoisotopic (exact) mass is 343 g/mol. The molecule has 0 aliphatic carbocycles. The van der Waals surface area contributed by atoms with Gasteiger partial charge < -0.3 is 15.4 Å². The number of nitro benzene ring substituents is 1. The van der Waals surface area contributed by atoms with Gasteiger partial charge in [0.05, 0.1) is 12.0 Å². The van der Waals surface area contributed by atoms with Gasteiger partial charge >= 0.3 is 5.69 Å². The van der Waals surface area contributed by atoms with Crippen LogP contribution in [-0.4, -0.2) is 17.9 Å². The number of amides is 1. The number of anilines is 2. The van der Waals surface area contributed by atoms with Crippen molar-refractivity contribution in [3.05, 3.63) is 58.1 Å². The Morgan fingerprint density at radius 3 is 2.68 bits per heavy atom. The third kappa shape index (κ3) is 5.20. The minimum Gasteiger partial charge on any atom is -0.490 e. The number of rotatable bonds is 8. The Morgan fingerprint density at radius 2 is 2.00 bits per heavy atom. The van der Waals surface area contributed by atoms with Crippen LogP contribution >= 0.6 is 0 Å². The summed E-state index contributed by atoms with van der Waals surface area (Å²) in [5.41, 5.74) is 2.36. The van der Waals surface area contributed by atoms with Gasteiger partial charge in [-0.1, -0.05) is 19.1 Å². The summed E-state index contributed by atoms with van der Waals surface area (Å²) < 4.78 is 5.06.